The van der Waals surface area contributed by atoms with Crippen LogP contribution in [0.4, 0.5) is 8.78 Å². The standard InChI is InChI=1S/C7H6F2N/c8-6-1-5(4-10)2-7(9)3-6/h1,3H,4,10H2. The zero-order valence-electron chi connectivity index (χ0n) is 5.20. The molecule has 1 aromatic carbocycles. The van der Waals surface area contributed by atoms with Crippen LogP contribution in [-0.2, 0) is 6.54 Å². The highest BCUT2D eigenvalue weighted by Crippen LogP contribution is 2.05. The maximum atomic E-state index is 12.3. The largest absolute Gasteiger partial charge is 0.326 e. The Morgan fingerprint density at radius 2 is 2.10 bits per heavy atom. The van der Waals surface area contributed by atoms with E-state index in [1.54, 1.807) is 0 Å². The molecule has 10 heavy (non-hydrogen) atoms. The molecular formula is C7H6F2N. The predicted molar refractivity (Wildman–Crippen MR) is 33.1 cm³/mol. The van der Waals surface area contributed by atoms with Crippen LogP contribution in [0.2, 0.25) is 0 Å². The number of nitrogens with two attached hydrogens (primary N) is 1. The normalized spacial score (nSPS) is 9.90. The van der Waals surface area contributed by atoms with E-state index in [4.69, 9.17) is 5.73 Å². The first-order valence-corrected chi connectivity index (χ1v) is 2.79. The summed E-state index contributed by atoms with van der Waals surface area (Å²) in [4.78, 5) is 0. The van der Waals surface area contributed by atoms with E-state index in [9.17, 15) is 8.78 Å². The summed E-state index contributed by atoms with van der Waals surface area (Å²) in [6.45, 7) is 0.106. The lowest BCUT2D eigenvalue weighted by atomic mass is 10.2. The molecule has 0 unspecified atom stereocenters. The van der Waals surface area contributed by atoms with Gasteiger partial charge in [-0.1, -0.05) is 0 Å². The molecule has 0 aliphatic rings. The van der Waals surface area contributed by atoms with E-state index in [0.29, 0.717) is 5.56 Å². The van der Waals surface area contributed by atoms with Crippen LogP contribution in [-0.4, -0.2) is 0 Å². The molecule has 0 fully saturated rings. The van der Waals surface area contributed by atoms with Crippen LogP contribution in [0.1, 0.15) is 5.56 Å². The summed E-state index contributed by atoms with van der Waals surface area (Å²) < 4.78 is 24.6. The van der Waals surface area contributed by atoms with Gasteiger partial charge in [-0.25, -0.2) is 8.78 Å². The molecule has 0 aliphatic heterocycles. The molecule has 1 nitrogen and oxygen atoms in total. The monoisotopic (exact) mass is 142 g/mol. The van der Waals surface area contributed by atoms with Gasteiger partial charge in [-0.15, -0.1) is 0 Å². The quantitative estimate of drug-likeness (QED) is 0.626. The number of hydrogen-bond acceptors (Lipinski definition) is 1. The molecule has 0 bridgehead atoms. The zero-order chi connectivity index (χ0) is 7.56. The van der Waals surface area contributed by atoms with Gasteiger partial charge in [0, 0.05) is 18.7 Å². The minimum atomic E-state index is -0.708. The zero-order valence-corrected chi connectivity index (χ0v) is 5.20. The van der Waals surface area contributed by atoms with Crippen LogP contribution in [0.3, 0.4) is 0 Å². The van der Waals surface area contributed by atoms with Crippen LogP contribution in [0, 0.1) is 17.7 Å². The lowest BCUT2D eigenvalue weighted by molar-refractivity contribution is 0.578. The third-order valence-electron chi connectivity index (χ3n) is 1.08. The van der Waals surface area contributed by atoms with E-state index in [-0.39, 0.29) is 6.54 Å². The Hall–Kier alpha value is -0.960. The average Bonchev–Trinajstić information content (AvgIpc) is 1.85. The Morgan fingerprint density at radius 3 is 2.60 bits per heavy atom. The molecule has 0 aromatic heterocycles. The highest BCUT2D eigenvalue weighted by Gasteiger charge is 1.97. The molecule has 3 heteroatoms. The van der Waals surface area contributed by atoms with E-state index in [1.165, 1.54) is 0 Å². The van der Waals surface area contributed by atoms with Crippen molar-refractivity contribution in [3.05, 3.63) is 35.4 Å². The van der Waals surface area contributed by atoms with E-state index >= 15 is 0 Å². The molecule has 0 heterocycles. The average molecular weight is 142 g/mol. The molecule has 0 spiro atoms. The maximum absolute atomic E-state index is 12.3. The van der Waals surface area contributed by atoms with Gasteiger partial charge in [0.15, 0.2) is 0 Å². The van der Waals surface area contributed by atoms with Crippen LogP contribution in [0.15, 0.2) is 12.1 Å². The summed E-state index contributed by atoms with van der Waals surface area (Å²) in [6, 6.07) is 4.18. The van der Waals surface area contributed by atoms with Crippen LogP contribution < -0.4 is 5.73 Å². The highest BCUT2D eigenvalue weighted by atomic mass is 19.1. The van der Waals surface area contributed by atoms with Crippen molar-refractivity contribution in [3.8, 4) is 0 Å². The van der Waals surface area contributed by atoms with Crippen LogP contribution in [0.25, 0.3) is 0 Å². The Labute approximate surface area is 57.5 Å². The summed E-state index contributed by atoms with van der Waals surface area (Å²) in [5, 5.41) is 0. The van der Waals surface area contributed by atoms with Crippen molar-refractivity contribution >= 4 is 0 Å². The van der Waals surface area contributed by atoms with Gasteiger partial charge in [-0.2, -0.15) is 0 Å². The van der Waals surface area contributed by atoms with Crippen molar-refractivity contribution in [2.45, 2.75) is 6.54 Å². The van der Waals surface area contributed by atoms with Gasteiger partial charge in [0.25, 0.3) is 0 Å². The lowest BCUT2D eigenvalue weighted by Crippen LogP contribution is -1.97. The topological polar surface area (TPSA) is 26.0 Å². The van der Waals surface area contributed by atoms with Crippen molar-refractivity contribution in [1.82, 2.24) is 0 Å². The number of benzene rings is 1. The number of hydrogen-bond donors (Lipinski definition) is 1. The third kappa shape index (κ3) is 1.51. The summed E-state index contributed by atoms with van der Waals surface area (Å²) in [6.07, 6.45) is 0. The van der Waals surface area contributed by atoms with Gasteiger partial charge in [-0.3, -0.25) is 0 Å². The van der Waals surface area contributed by atoms with Gasteiger partial charge in [-0.05, 0) is 11.6 Å². The van der Waals surface area contributed by atoms with Gasteiger partial charge in [0.05, 0.1) is 0 Å². The Balaban J connectivity index is 3.06. The fraction of sp³-hybridized carbons (Fsp3) is 0.143. The Bertz CT molecular complexity index is 215. The second-order valence-electron chi connectivity index (χ2n) is 1.88. The van der Waals surface area contributed by atoms with Gasteiger partial charge >= 0.3 is 0 Å². The Morgan fingerprint density at radius 1 is 1.40 bits per heavy atom. The molecule has 1 radical (unpaired) electrons. The van der Waals surface area contributed by atoms with E-state index in [2.05, 4.69) is 6.07 Å². The first-order valence-electron chi connectivity index (χ1n) is 2.79. The Kier molecular flexibility index (Phi) is 1.97. The molecular weight excluding hydrogens is 136 g/mol. The van der Waals surface area contributed by atoms with Crippen molar-refractivity contribution in [2.24, 2.45) is 5.73 Å². The first-order chi connectivity index (χ1) is 4.72. The summed E-state index contributed by atoms with van der Waals surface area (Å²) in [5.74, 6) is -1.32. The summed E-state index contributed by atoms with van der Waals surface area (Å²) in [7, 11) is 0. The minimum absolute atomic E-state index is 0.106. The molecule has 0 saturated heterocycles. The van der Waals surface area contributed by atoms with Gasteiger partial charge in [0.2, 0.25) is 0 Å². The number of halogens is 2. The summed E-state index contributed by atoms with van der Waals surface area (Å²) >= 11 is 0. The lowest BCUT2D eigenvalue weighted by Gasteiger charge is -1.94. The molecule has 1 rings (SSSR count). The molecule has 1 aromatic rings. The fourth-order valence-electron chi connectivity index (χ4n) is 0.665. The molecule has 0 saturated carbocycles. The number of rotatable bonds is 1. The second kappa shape index (κ2) is 2.75. The second-order valence-corrected chi connectivity index (χ2v) is 1.88. The van der Waals surface area contributed by atoms with Crippen LogP contribution >= 0.6 is 0 Å². The van der Waals surface area contributed by atoms with Crippen molar-refractivity contribution in [2.75, 3.05) is 0 Å². The van der Waals surface area contributed by atoms with Gasteiger partial charge < -0.3 is 5.73 Å². The van der Waals surface area contributed by atoms with E-state index in [0.717, 1.165) is 12.1 Å². The van der Waals surface area contributed by atoms with Gasteiger partial charge in [0.1, 0.15) is 11.6 Å². The molecule has 0 amide bonds. The first kappa shape index (κ1) is 7.15. The van der Waals surface area contributed by atoms with Crippen molar-refractivity contribution < 1.29 is 8.78 Å². The highest BCUT2D eigenvalue weighted by molar-refractivity contribution is 5.15. The van der Waals surface area contributed by atoms with Crippen molar-refractivity contribution in [1.29, 1.82) is 0 Å². The molecule has 0 atom stereocenters. The summed E-state index contributed by atoms with van der Waals surface area (Å²) in [5.41, 5.74) is 5.47. The van der Waals surface area contributed by atoms with E-state index < -0.39 is 11.6 Å². The predicted octanol–water partition coefficient (Wildman–Crippen LogP) is 1.22. The van der Waals surface area contributed by atoms with E-state index in [1.807, 2.05) is 0 Å². The molecule has 0 aliphatic carbocycles. The third-order valence-corrected chi connectivity index (χ3v) is 1.08. The molecule has 53 valence electrons. The molecule has 2 N–H and O–H groups in total. The SMILES string of the molecule is NCc1[c]c(F)cc(F)c1. The van der Waals surface area contributed by atoms with Crippen LogP contribution in [0.5, 0.6) is 0 Å². The minimum Gasteiger partial charge on any atom is -0.326 e. The maximum Gasteiger partial charge on any atom is 0.134 e. The van der Waals surface area contributed by atoms with Crippen molar-refractivity contribution in [3.63, 3.8) is 0 Å². The fourth-order valence-corrected chi connectivity index (χ4v) is 0.665. The smallest absolute Gasteiger partial charge is 0.134 e.